The molecule has 130 valence electrons. The van der Waals surface area contributed by atoms with E-state index in [1.165, 1.54) is 90.1 Å². The Hall–Kier alpha value is -0.660. The standard InChI is InChI=1S/C20H40N2/c1-4-7-9-10-11-12-14-17-22-19-18-21(16-6-3)20(22)15-13-8-5-2/h18-20H,4-17H2,1-3H3. The fourth-order valence-corrected chi connectivity index (χ4v) is 3.43. The van der Waals surface area contributed by atoms with Crippen molar-refractivity contribution in [1.29, 1.82) is 0 Å². The first-order valence-corrected chi connectivity index (χ1v) is 10.0. The van der Waals surface area contributed by atoms with Crippen LogP contribution in [0.5, 0.6) is 0 Å². The zero-order valence-corrected chi connectivity index (χ0v) is 15.5. The van der Waals surface area contributed by atoms with Crippen molar-refractivity contribution in [1.82, 2.24) is 9.80 Å². The third kappa shape index (κ3) is 7.56. The highest BCUT2D eigenvalue weighted by Crippen LogP contribution is 2.22. The summed E-state index contributed by atoms with van der Waals surface area (Å²) in [7, 11) is 0. The molecule has 0 aliphatic carbocycles. The molecule has 1 aliphatic heterocycles. The smallest absolute Gasteiger partial charge is 0.101 e. The average Bonchev–Trinajstić information content (AvgIpc) is 2.89. The third-order valence-corrected chi connectivity index (χ3v) is 4.78. The topological polar surface area (TPSA) is 6.48 Å². The van der Waals surface area contributed by atoms with Crippen LogP contribution in [0.4, 0.5) is 0 Å². The minimum Gasteiger partial charge on any atom is -0.356 e. The van der Waals surface area contributed by atoms with E-state index in [1.807, 2.05) is 0 Å². The minimum atomic E-state index is 0.645. The molecule has 0 N–H and O–H groups in total. The highest BCUT2D eigenvalue weighted by molar-refractivity contribution is 4.96. The molecular formula is C20H40N2. The van der Waals surface area contributed by atoms with Gasteiger partial charge in [-0.3, -0.25) is 0 Å². The van der Waals surface area contributed by atoms with E-state index < -0.39 is 0 Å². The molecule has 1 aliphatic rings. The second-order valence-corrected chi connectivity index (χ2v) is 6.87. The molecule has 0 aromatic rings. The molecule has 0 spiro atoms. The predicted molar refractivity (Wildman–Crippen MR) is 98.8 cm³/mol. The van der Waals surface area contributed by atoms with Crippen molar-refractivity contribution in [2.45, 2.75) is 104 Å². The summed E-state index contributed by atoms with van der Waals surface area (Å²) in [5.74, 6) is 0. The van der Waals surface area contributed by atoms with Crippen molar-refractivity contribution in [3.63, 3.8) is 0 Å². The van der Waals surface area contributed by atoms with Crippen LogP contribution < -0.4 is 0 Å². The van der Waals surface area contributed by atoms with E-state index in [0.29, 0.717) is 6.17 Å². The van der Waals surface area contributed by atoms with Gasteiger partial charge >= 0.3 is 0 Å². The third-order valence-electron chi connectivity index (χ3n) is 4.78. The van der Waals surface area contributed by atoms with Gasteiger partial charge in [0, 0.05) is 25.5 Å². The normalized spacial score (nSPS) is 17.7. The fourth-order valence-electron chi connectivity index (χ4n) is 3.43. The lowest BCUT2D eigenvalue weighted by atomic mass is 10.1. The van der Waals surface area contributed by atoms with Crippen LogP contribution >= 0.6 is 0 Å². The monoisotopic (exact) mass is 308 g/mol. The van der Waals surface area contributed by atoms with Crippen LogP contribution in [0.15, 0.2) is 12.4 Å². The van der Waals surface area contributed by atoms with E-state index in [-0.39, 0.29) is 0 Å². The maximum Gasteiger partial charge on any atom is 0.101 e. The van der Waals surface area contributed by atoms with Gasteiger partial charge in [0.2, 0.25) is 0 Å². The summed E-state index contributed by atoms with van der Waals surface area (Å²) in [6.45, 7) is 9.34. The van der Waals surface area contributed by atoms with Crippen molar-refractivity contribution >= 4 is 0 Å². The lowest BCUT2D eigenvalue weighted by Crippen LogP contribution is -2.39. The Labute approximate surface area is 139 Å². The van der Waals surface area contributed by atoms with Crippen molar-refractivity contribution < 1.29 is 0 Å². The zero-order valence-electron chi connectivity index (χ0n) is 15.5. The molecule has 0 radical (unpaired) electrons. The molecule has 2 heteroatoms. The van der Waals surface area contributed by atoms with Crippen LogP contribution in [0.25, 0.3) is 0 Å². The quantitative estimate of drug-likeness (QED) is 0.355. The van der Waals surface area contributed by atoms with Gasteiger partial charge in [0.15, 0.2) is 0 Å². The summed E-state index contributed by atoms with van der Waals surface area (Å²) in [6, 6.07) is 0. The first-order valence-electron chi connectivity index (χ1n) is 10.0. The molecule has 0 saturated carbocycles. The first kappa shape index (κ1) is 19.4. The fraction of sp³-hybridized carbons (Fsp3) is 0.900. The first-order chi connectivity index (χ1) is 10.8. The van der Waals surface area contributed by atoms with E-state index in [0.717, 1.165) is 0 Å². The van der Waals surface area contributed by atoms with E-state index in [1.54, 1.807) is 0 Å². The molecule has 1 heterocycles. The van der Waals surface area contributed by atoms with E-state index in [4.69, 9.17) is 0 Å². The van der Waals surface area contributed by atoms with Crippen LogP contribution in [-0.2, 0) is 0 Å². The molecule has 0 bridgehead atoms. The number of unbranched alkanes of at least 4 members (excludes halogenated alkanes) is 8. The summed E-state index contributed by atoms with van der Waals surface area (Å²) in [5.41, 5.74) is 0. The lowest BCUT2D eigenvalue weighted by molar-refractivity contribution is 0.137. The summed E-state index contributed by atoms with van der Waals surface area (Å²) < 4.78 is 0. The molecular weight excluding hydrogens is 268 g/mol. The van der Waals surface area contributed by atoms with Crippen molar-refractivity contribution in [2.24, 2.45) is 0 Å². The number of rotatable bonds is 14. The summed E-state index contributed by atoms with van der Waals surface area (Å²) in [6.07, 6.45) is 21.8. The van der Waals surface area contributed by atoms with Gasteiger partial charge in [-0.2, -0.15) is 0 Å². The van der Waals surface area contributed by atoms with Crippen LogP contribution in [0.3, 0.4) is 0 Å². The lowest BCUT2D eigenvalue weighted by Gasteiger charge is -2.33. The predicted octanol–water partition coefficient (Wildman–Crippen LogP) is 6.14. The van der Waals surface area contributed by atoms with Gasteiger partial charge in [0.05, 0.1) is 0 Å². The molecule has 1 atom stereocenters. The van der Waals surface area contributed by atoms with Gasteiger partial charge in [-0.1, -0.05) is 72.1 Å². The Morgan fingerprint density at radius 2 is 1.14 bits per heavy atom. The Morgan fingerprint density at radius 3 is 1.77 bits per heavy atom. The Kier molecular flexibility index (Phi) is 11.3. The van der Waals surface area contributed by atoms with E-state index in [9.17, 15) is 0 Å². The molecule has 0 aromatic carbocycles. The van der Waals surface area contributed by atoms with Gasteiger partial charge < -0.3 is 9.80 Å². The minimum absolute atomic E-state index is 0.645. The van der Waals surface area contributed by atoms with Crippen molar-refractivity contribution in [3.05, 3.63) is 12.4 Å². The summed E-state index contributed by atoms with van der Waals surface area (Å²) >= 11 is 0. The largest absolute Gasteiger partial charge is 0.356 e. The highest BCUT2D eigenvalue weighted by Gasteiger charge is 2.24. The highest BCUT2D eigenvalue weighted by atomic mass is 15.4. The van der Waals surface area contributed by atoms with Crippen LogP contribution in [0.2, 0.25) is 0 Å². The Balaban J connectivity index is 2.22. The molecule has 22 heavy (non-hydrogen) atoms. The molecule has 1 unspecified atom stereocenters. The SMILES string of the molecule is CCCCCCCCCN1C=CN(CCC)C1CCCCC. The number of nitrogens with zero attached hydrogens (tertiary/aromatic N) is 2. The summed E-state index contributed by atoms with van der Waals surface area (Å²) in [5, 5.41) is 0. The summed E-state index contributed by atoms with van der Waals surface area (Å²) in [4.78, 5) is 5.17. The van der Waals surface area contributed by atoms with Crippen LogP contribution in [0.1, 0.15) is 97.8 Å². The number of hydrogen-bond donors (Lipinski definition) is 0. The van der Waals surface area contributed by atoms with Crippen LogP contribution in [-0.4, -0.2) is 29.1 Å². The zero-order chi connectivity index (χ0) is 16.0. The van der Waals surface area contributed by atoms with Gasteiger partial charge in [-0.15, -0.1) is 0 Å². The van der Waals surface area contributed by atoms with E-state index >= 15 is 0 Å². The van der Waals surface area contributed by atoms with Gasteiger partial charge in [-0.05, 0) is 25.7 Å². The molecule has 0 aromatic heterocycles. The average molecular weight is 309 g/mol. The Bertz CT molecular complexity index is 275. The van der Waals surface area contributed by atoms with E-state index in [2.05, 4.69) is 43.0 Å². The maximum absolute atomic E-state index is 2.61. The van der Waals surface area contributed by atoms with Crippen LogP contribution in [0, 0.1) is 0 Å². The molecule has 2 nitrogen and oxygen atoms in total. The molecule has 0 fully saturated rings. The van der Waals surface area contributed by atoms with Crippen molar-refractivity contribution in [3.8, 4) is 0 Å². The number of hydrogen-bond acceptors (Lipinski definition) is 2. The van der Waals surface area contributed by atoms with Gasteiger partial charge in [0.25, 0.3) is 0 Å². The van der Waals surface area contributed by atoms with Gasteiger partial charge in [0.1, 0.15) is 6.17 Å². The maximum atomic E-state index is 2.61. The second kappa shape index (κ2) is 12.8. The molecule has 0 saturated heterocycles. The van der Waals surface area contributed by atoms with Gasteiger partial charge in [-0.25, -0.2) is 0 Å². The van der Waals surface area contributed by atoms with Crippen molar-refractivity contribution in [2.75, 3.05) is 13.1 Å². The second-order valence-electron chi connectivity index (χ2n) is 6.87. The Morgan fingerprint density at radius 1 is 0.591 bits per heavy atom. The molecule has 1 rings (SSSR count). The molecule has 0 amide bonds.